The van der Waals surface area contributed by atoms with Crippen molar-refractivity contribution in [2.75, 3.05) is 37.7 Å². The number of aryl methyl sites for hydroxylation is 1. The Labute approximate surface area is 164 Å². The summed E-state index contributed by atoms with van der Waals surface area (Å²) in [6, 6.07) is 14.4. The molecule has 2 aromatic rings. The number of nitro benzene ring substituents is 1. The molecule has 7 nitrogen and oxygen atoms in total. The van der Waals surface area contributed by atoms with Gasteiger partial charge >= 0.3 is 0 Å². The predicted octanol–water partition coefficient (Wildman–Crippen LogP) is 3.41. The fourth-order valence-corrected chi connectivity index (χ4v) is 3.28. The van der Waals surface area contributed by atoms with Crippen molar-refractivity contribution in [3.05, 3.63) is 64.2 Å². The van der Waals surface area contributed by atoms with Gasteiger partial charge in [0.1, 0.15) is 5.75 Å². The van der Waals surface area contributed by atoms with Gasteiger partial charge in [-0.1, -0.05) is 18.2 Å². The predicted molar refractivity (Wildman–Crippen MR) is 108 cm³/mol. The first kappa shape index (κ1) is 19.7. The van der Waals surface area contributed by atoms with E-state index < -0.39 is 4.92 Å². The van der Waals surface area contributed by atoms with Crippen molar-refractivity contribution in [3.63, 3.8) is 0 Å². The molecule has 28 heavy (non-hydrogen) atoms. The van der Waals surface area contributed by atoms with Crippen LogP contribution in [0.1, 0.15) is 18.4 Å². The Morgan fingerprint density at radius 1 is 1.07 bits per heavy atom. The van der Waals surface area contributed by atoms with Crippen LogP contribution in [0.4, 0.5) is 11.4 Å². The van der Waals surface area contributed by atoms with Crippen molar-refractivity contribution < 1.29 is 14.5 Å². The summed E-state index contributed by atoms with van der Waals surface area (Å²) in [5.74, 6) is 1.02. The maximum Gasteiger partial charge on any atom is 0.269 e. The second-order valence-electron chi connectivity index (χ2n) is 6.86. The topological polar surface area (TPSA) is 75.9 Å². The number of piperazine rings is 1. The number of rotatable bonds is 7. The minimum Gasteiger partial charge on any atom is -0.493 e. The van der Waals surface area contributed by atoms with E-state index >= 15 is 0 Å². The van der Waals surface area contributed by atoms with E-state index in [9.17, 15) is 14.9 Å². The molecule has 0 unspecified atom stereocenters. The smallest absolute Gasteiger partial charge is 0.269 e. The lowest BCUT2D eigenvalue weighted by Gasteiger charge is -2.36. The molecular formula is C21H25N3O4. The second-order valence-corrected chi connectivity index (χ2v) is 6.86. The van der Waals surface area contributed by atoms with E-state index in [1.807, 2.05) is 36.1 Å². The highest BCUT2D eigenvalue weighted by molar-refractivity contribution is 5.76. The highest BCUT2D eigenvalue weighted by Gasteiger charge is 2.21. The average molecular weight is 383 g/mol. The van der Waals surface area contributed by atoms with E-state index in [2.05, 4.69) is 4.90 Å². The molecule has 0 aliphatic carbocycles. The molecule has 0 aromatic heterocycles. The molecule has 0 radical (unpaired) electrons. The van der Waals surface area contributed by atoms with Gasteiger partial charge in [0, 0.05) is 50.4 Å². The van der Waals surface area contributed by atoms with Crippen LogP contribution in [0.5, 0.6) is 5.75 Å². The van der Waals surface area contributed by atoms with E-state index in [4.69, 9.17) is 4.74 Å². The standard InChI is InChI=1S/C21H25N3O4/c1-17-5-2-3-6-20(17)28-16-4-7-21(25)23-14-12-22(13-15-23)18-8-10-19(11-9-18)24(26)27/h2-3,5-6,8-11H,4,7,12-16H2,1H3. The number of hydrogen-bond acceptors (Lipinski definition) is 5. The van der Waals surface area contributed by atoms with Gasteiger partial charge in [0.2, 0.25) is 5.91 Å². The van der Waals surface area contributed by atoms with Gasteiger partial charge in [-0.2, -0.15) is 0 Å². The van der Waals surface area contributed by atoms with Gasteiger partial charge < -0.3 is 14.5 Å². The molecular weight excluding hydrogens is 358 g/mol. The van der Waals surface area contributed by atoms with Crippen LogP contribution < -0.4 is 9.64 Å². The molecule has 0 N–H and O–H groups in total. The summed E-state index contributed by atoms with van der Waals surface area (Å²) in [5.41, 5.74) is 2.13. The summed E-state index contributed by atoms with van der Waals surface area (Å²) < 4.78 is 5.75. The molecule has 1 aliphatic rings. The normalized spacial score (nSPS) is 14.0. The molecule has 3 rings (SSSR count). The van der Waals surface area contributed by atoms with Gasteiger partial charge in [0.25, 0.3) is 5.69 Å². The zero-order valence-electron chi connectivity index (χ0n) is 16.0. The van der Waals surface area contributed by atoms with E-state index in [1.54, 1.807) is 12.1 Å². The van der Waals surface area contributed by atoms with Crippen molar-refractivity contribution in [3.8, 4) is 5.75 Å². The second kappa shape index (κ2) is 9.21. The molecule has 1 aliphatic heterocycles. The Morgan fingerprint density at radius 3 is 2.39 bits per heavy atom. The van der Waals surface area contributed by atoms with Crippen LogP contribution in [0.25, 0.3) is 0 Å². The Morgan fingerprint density at radius 2 is 1.75 bits per heavy atom. The van der Waals surface area contributed by atoms with Gasteiger partial charge in [-0.05, 0) is 37.1 Å². The van der Waals surface area contributed by atoms with Crippen molar-refractivity contribution in [2.24, 2.45) is 0 Å². The third kappa shape index (κ3) is 5.00. The lowest BCUT2D eigenvalue weighted by atomic mass is 10.2. The fourth-order valence-electron chi connectivity index (χ4n) is 3.28. The largest absolute Gasteiger partial charge is 0.493 e. The number of non-ortho nitro benzene ring substituents is 1. The number of carbonyl (C=O) groups excluding carboxylic acids is 1. The Bertz CT molecular complexity index is 815. The fraction of sp³-hybridized carbons (Fsp3) is 0.381. The summed E-state index contributed by atoms with van der Waals surface area (Å²) >= 11 is 0. The monoisotopic (exact) mass is 383 g/mol. The first-order valence-corrected chi connectivity index (χ1v) is 9.50. The number of amides is 1. The highest BCUT2D eigenvalue weighted by atomic mass is 16.6. The van der Waals surface area contributed by atoms with Gasteiger partial charge in [-0.15, -0.1) is 0 Å². The minimum absolute atomic E-state index is 0.0884. The lowest BCUT2D eigenvalue weighted by molar-refractivity contribution is -0.384. The van der Waals surface area contributed by atoms with Gasteiger partial charge in [-0.3, -0.25) is 14.9 Å². The average Bonchev–Trinajstić information content (AvgIpc) is 2.72. The third-order valence-electron chi connectivity index (χ3n) is 4.94. The number of benzene rings is 2. The number of nitro groups is 1. The zero-order chi connectivity index (χ0) is 19.9. The molecule has 0 saturated carbocycles. The Kier molecular flexibility index (Phi) is 6.47. The maximum absolute atomic E-state index is 12.4. The molecule has 1 fully saturated rings. The van der Waals surface area contributed by atoms with Crippen LogP contribution >= 0.6 is 0 Å². The van der Waals surface area contributed by atoms with Crippen LogP contribution in [0.2, 0.25) is 0 Å². The molecule has 1 amide bonds. The zero-order valence-corrected chi connectivity index (χ0v) is 16.0. The van der Waals surface area contributed by atoms with Crippen LogP contribution in [-0.2, 0) is 4.79 Å². The summed E-state index contributed by atoms with van der Waals surface area (Å²) in [5, 5.41) is 10.8. The van der Waals surface area contributed by atoms with Crippen molar-refractivity contribution in [1.82, 2.24) is 4.90 Å². The summed E-state index contributed by atoms with van der Waals surface area (Å²) in [7, 11) is 0. The number of anilines is 1. The number of nitrogens with zero attached hydrogens (tertiary/aromatic N) is 3. The minimum atomic E-state index is -0.400. The maximum atomic E-state index is 12.4. The SMILES string of the molecule is Cc1ccccc1OCCCC(=O)N1CCN(c2ccc([N+](=O)[O-])cc2)CC1. The lowest BCUT2D eigenvalue weighted by Crippen LogP contribution is -2.48. The summed E-state index contributed by atoms with van der Waals surface area (Å²) in [4.78, 5) is 26.8. The van der Waals surface area contributed by atoms with Gasteiger partial charge in [-0.25, -0.2) is 0 Å². The Hall–Kier alpha value is -3.09. The van der Waals surface area contributed by atoms with Gasteiger partial charge in [0.15, 0.2) is 0 Å². The summed E-state index contributed by atoms with van der Waals surface area (Å²) in [6.45, 7) is 5.31. The van der Waals surface area contributed by atoms with Crippen molar-refractivity contribution in [2.45, 2.75) is 19.8 Å². The number of para-hydroxylation sites is 1. The number of hydrogen-bond donors (Lipinski definition) is 0. The van der Waals surface area contributed by atoms with Crippen molar-refractivity contribution in [1.29, 1.82) is 0 Å². The highest BCUT2D eigenvalue weighted by Crippen LogP contribution is 2.21. The first-order chi connectivity index (χ1) is 13.5. The van der Waals surface area contributed by atoms with Crippen LogP contribution in [0.15, 0.2) is 48.5 Å². The van der Waals surface area contributed by atoms with Crippen LogP contribution in [0.3, 0.4) is 0 Å². The van der Waals surface area contributed by atoms with Crippen molar-refractivity contribution >= 4 is 17.3 Å². The van der Waals surface area contributed by atoms with E-state index in [0.29, 0.717) is 32.5 Å². The van der Waals surface area contributed by atoms with E-state index in [0.717, 1.165) is 30.1 Å². The van der Waals surface area contributed by atoms with Crippen LogP contribution in [0, 0.1) is 17.0 Å². The first-order valence-electron chi connectivity index (χ1n) is 9.50. The number of ether oxygens (including phenoxy) is 1. The quantitative estimate of drug-likeness (QED) is 0.416. The molecule has 2 aromatic carbocycles. The molecule has 7 heteroatoms. The molecule has 1 saturated heterocycles. The molecule has 0 bridgehead atoms. The Balaban J connectivity index is 1.40. The van der Waals surface area contributed by atoms with E-state index in [1.165, 1.54) is 12.1 Å². The third-order valence-corrected chi connectivity index (χ3v) is 4.94. The molecule has 0 atom stereocenters. The summed E-state index contributed by atoms with van der Waals surface area (Å²) in [6.07, 6.45) is 1.17. The van der Waals surface area contributed by atoms with Crippen LogP contribution in [-0.4, -0.2) is 48.5 Å². The van der Waals surface area contributed by atoms with E-state index in [-0.39, 0.29) is 11.6 Å². The molecule has 1 heterocycles. The molecule has 0 spiro atoms. The van der Waals surface area contributed by atoms with Gasteiger partial charge in [0.05, 0.1) is 11.5 Å². The molecule has 148 valence electrons. The number of carbonyl (C=O) groups is 1.